The van der Waals surface area contributed by atoms with Crippen molar-refractivity contribution in [3.05, 3.63) is 0 Å². The molecule has 0 spiro atoms. The lowest BCUT2D eigenvalue weighted by atomic mass is 9.83. The van der Waals surface area contributed by atoms with Gasteiger partial charge in [0.25, 0.3) is 0 Å². The lowest BCUT2D eigenvalue weighted by Crippen LogP contribution is -2.53. The molecule has 2 aliphatic rings. The van der Waals surface area contributed by atoms with Crippen LogP contribution in [0.5, 0.6) is 0 Å². The Hall–Kier alpha value is -0.910. The molecule has 0 bridgehead atoms. The zero-order valence-corrected chi connectivity index (χ0v) is 12.9. The molecule has 0 aliphatic heterocycles. The van der Waals surface area contributed by atoms with Gasteiger partial charge in [-0.25, -0.2) is 0 Å². The first-order chi connectivity index (χ1) is 9.64. The first-order valence-corrected chi connectivity index (χ1v) is 8.74. The van der Waals surface area contributed by atoms with Crippen LogP contribution in [0.1, 0.15) is 51.4 Å². The Labute approximate surface area is 124 Å². The quantitative estimate of drug-likeness (QED) is 0.321. The summed E-state index contributed by atoms with van der Waals surface area (Å²) in [6.07, 6.45) is 9.98. The molecular weight excluding hydrogens is 274 g/mol. The van der Waals surface area contributed by atoms with Crippen LogP contribution in [0.25, 0.3) is 0 Å². The maximum atomic E-state index is 12.7. The van der Waals surface area contributed by atoms with Gasteiger partial charge in [0.05, 0.1) is 0 Å². The average molecular weight is 299 g/mol. The highest BCUT2D eigenvalue weighted by atomic mass is 32.2. The molecule has 4 N–H and O–H groups in total. The number of amides is 1. The van der Waals surface area contributed by atoms with Crippen LogP contribution in [0, 0.1) is 5.41 Å². The van der Waals surface area contributed by atoms with Crippen LogP contribution < -0.4 is 11.1 Å². The molecule has 0 aromatic carbocycles. The predicted molar refractivity (Wildman–Crippen MR) is 82.0 cm³/mol. The van der Waals surface area contributed by atoms with E-state index in [1.54, 1.807) is 0 Å². The van der Waals surface area contributed by atoms with E-state index in [0.29, 0.717) is 18.1 Å². The van der Waals surface area contributed by atoms with Crippen molar-refractivity contribution in [1.82, 2.24) is 5.32 Å². The van der Waals surface area contributed by atoms with Crippen molar-refractivity contribution in [3.63, 3.8) is 0 Å². The SMILES string of the molecule is CSC1CCCCC1NC(=O)C1(C(N)=NO)CCCC1. The second kappa shape index (κ2) is 6.70. The van der Waals surface area contributed by atoms with Gasteiger partial charge in [0.2, 0.25) is 5.91 Å². The van der Waals surface area contributed by atoms with Gasteiger partial charge in [0, 0.05) is 11.3 Å². The Balaban J connectivity index is 2.09. The molecule has 1 amide bonds. The smallest absolute Gasteiger partial charge is 0.234 e. The molecule has 0 radical (unpaired) electrons. The summed E-state index contributed by atoms with van der Waals surface area (Å²) in [6.45, 7) is 0. The number of rotatable bonds is 4. The van der Waals surface area contributed by atoms with Crippen LogP contribution >= 0.6 is 11.8 Å². The summed E-state index contributed by atoms with van der Waals surface area (Å²) in [7, 11) is 0. The highest BCUT2D eigenvalue weighted by Gasteiger charge is 2.46. The van der Waals surface area contributed by atoms with E-state index in [1.165, 1.54) is 12.8 Å². The van der Waals surface area contributed by atoms with Gasteiger partial charge in [-0.2, -0.15) is 11.8 Å². The van der Waals surface area contributed by atoms with E-state index in [4.69, 9.17) is 10.9 Å². The van der Waals surface area contributed by atoms with Crippen molar-refractivity contribution in [2.75, 3.05) is 6.26 Å². The van der Waals surface area contributed by atoms with Crippen LogP contribution in [0.15, 0.2) is 5.16 Å². The maximum Gasteiger partial charge on any atom is 0.234 e. The van der Waals surface area contributed by atoms with E-state index < -0.39 is 5.41 Å². The number of oxime groups is 1. The summed E-state index contributed by atoms with van der Waals surface area (Å²) in [5.41, 5.74) is 5.04. The molecule has 20 heavy (non-hydrogen) atoms. The van der Waals surface area contributed by atoms with Gasteiger partial charge >= 0.3 is 0 Å². The van der Waals surface area contributed by atoms with Gasteiger partial charge in [-0.1, -0.05) is 30.8 Å². The monoisotopic (exact) mass is 299 g/mol. The lowest BCUT2D eigenvalue weighted by Gasteiger charge is -2.34. The summed E-state index contributed by atoms with van der Waals surface area (Å²) >= 11 is 1.83. The lowest BCUT2D eigenvalue weighted by molar-refractivity contribution is -0.128. The molecule has 0 aromatic heterocycles. The van der Waals surface area contributed by atoms with Crippen LogP contribution in [0.3, 0.4) is 0 Å². The summed E-state index contributed by atoms with van der Waals surface area (Å²) in [5.74, 6) is 0.0280. The minimum atomic E-state index is -0.783. The number of hydrogen-bond acceptors (Lipinski definition) is 4. The van der Waals surface area contributed by atoms with Crippen LogP contribution in [0.2, 0.25) is 0 Å². The van der Waals surface area contributed by atoms with Crippen molar-refractivity contribution in [1.29, 1.82) is 0 Å². The van der Waals surface area contributed by atoms with Crippen molar-refractivity contribution in [2.45, 2.75) is 62.7 Å². The van der Waals surface area contributed by atoms with Gasteiger partial charge in [0.1, 0.15) is 5.41 Å². The van der Waals surface area contributed by atoms with E-state index in [-0.39, 0.29) is 17.8 Å². The summed E-state index contributed by atoms with van der Waals surface area (Å²) < 4.78 is 0. The maximum absolute atomic E-state index is 12.7. The van der Waals surface area contributed by atoms with Gasteiger partial charge in [-0.15, -0.1) is 0 Å². The fraction of sp³-hybridized carbons (Fsp3) is 0.857. The Bertz CT molecular complexity index is 381. The van der Waals surface area contributed by atoms with Crippen molar-refractivity contribution >= 4 is 23.5 Å². The number of nitrogens with one attached hydrogen (secondary N) is 1. The predicted octanol–water partition coefficient (Wildman–Crippen LogP) is 2.08. The van der Waals surface area contributed by atoms with Gasteiger partial charge in [0.15, 0.2) is 5.84 Å². The molecule has 2 aliphatic carbocycles. The molecular formula is C14H25N3O2S. The Kier molecular flexibility index (Phi) is 5.18. The van der Waals surface area contributed by atoms with Crippen molar-refractivity contribution < 1.29 is 10.0 Å². The average Bonchev–Trinajstić information content (AvgIpc) is 2.97. The number of carbonyl (C=O) groups is 1. The fourth-order valence-electron chi connectivity index (χ4n) is 3.52. The summed E-state index contributed by atoms with van der Waals surface area (Å²) in [6, 6.07) is 0.218. The third-order valence-corrected chi connectivity index (χ3v) is 5.98. The zero-order valence-electron chi connectivity index (χ0n) is 12.1. The molecule has 6 heteroatoms. The summed E-state index contributed by atoms with van der Waals surface area (Å²) in [5, 5.41) is 15.8. The van der Waals surface area contributed by atoms with Gasteiger partial charge < -0.3 is 16.3 Å². The Morgan fingerprint density at radius 3 is 2.55 bits per heavy atom. The molecule has 2 atom stereocenters. The molecule has 2 unspecified atom stereocenters. The molecule has 0 saturated heterocycles. The third-order valence-electron chi connectivity index (χ3n) is 4.81. The van der Waals surface area contributed by atoms with Crippen LogP contribution in [-0.2, 0) is 4.79 Å². The number of carbonyl (C=O) groups excluding carboxylic acids is 1. The number of nitrogens with two attached hydrogens (primary N) is 1. The number of nitrogens with zero attached hydrogens (tertiary/aromatic N) is 1. The van der Waals surface area contributed by atoms with E-state index in [0.717, 1.165) is 25.7 Å². The van der Waals surface area contributed by atoms with E-state index in [9.17, 15) is 4.79 Å². The second-order valence-electron chi connectivity index (χ2n) is 5.91. The van der Waals surface area contributed by atoms with E-state index in [2.05, 4.69) is 16.7 Å². The molecule has 5 nitrogen and oxygen atoms in total. The number of amidine groups is 1. The normalized spacial score (nSPS) is 30.1. The molecule has 0 heterocycles. The molecule has 2 rings (SSSR count). The van der Waals surface area contributed by atoms with E-state index in [1.807, 2.05) is 11.8 Å². The third kappa shape index (κ3) is 2.90. The largest absolute Gasteiger partial charge is 0.409 e. The Morgan fingerprint density at radius 2 is 1.95 bits per heavy atom. The topological polar surface area (TPSA) is 87.7 Å². The number of hydrogen-bond donors (Lipinski definition) is 3. The van der Waals surface area contributed by atoms with Gasteiger partial charge in [-0.05, 0) is 31.9 Å². The minimum Gasteiger partial charge on any atom is -0.409 e. The van der Waals surface area contributed by atoms with Crippen molar-refractivity contribution in [2.24, 2.45) is 16.3 Å². The first kappa shape index (κ1) is 15.5. The van der Waals surface area contributed by atoms with Crippen molar-refractivity contribution in [3.8, 4) is 0 Å². The van der Waals surface area contributed by atoms with Gasteiger partial charge in [-0.3, -0.25) is 4.79 Å². The summed E-state index contributed by atoms with van der Waals surface area (Å²) in [4.78, 5) is 12.7. The molecule has 2 fully saturated rings. The second-order valence-corrected chi connectivity index (χ2v) is 6.99. The zero-order chi connectivity index (χ0) is 14.6. The Morgan fingerprint density at radius 1 is 1.30 bits per heavy atom. The minimum absolute atomic E-state index is 0.0451. The molecule has 114 valence electrons. The molecule has 0 aromatic rings. The molecule has 2 saturated carbocycles. The highest BCUT2D eigenvalue weighted by molar-refractivity contribution is 7.99. The van der Waals surface area contributed by atoms with E-state index >= 15 is 0 Å². The fourth-order valence-corrected chi connectivity index (χ4v) is 4.46. The van der Waals surface area contributed by atoms with Crippen LogP contribution in [0.4, 0.5) is 0 Å². The standard InChI is InChI=1S/C14H25N3O2S/c1-20-11-7-3-2-6-10(11)16-13(18)14(12(15)17-19)8-4-5-9-14/h10-11,19H,2-9H2,1H3,(H2,15,17)(H,16,18). The number of thioether (sulfide) groups is 1. The highest BCUT2D eigenvalue weighted by Crippen LogP contribution is 2.39. The first-order valence-electron chi connectivity index (χ1n) is 7.46. The van der Waals surface area contributed by atoms with Crippen LogP contribution in [-0.4, -0.2) is 34.5 Å².